The fourth-order valence-electron chi connectivity index (χ4n) is 2.03. The van der Waals surface area contributed by atoms with Crippen LogP contribution < -0.4 is 0 Å². The minimum atomic E-state index is -0.999. The van der Waals surface area contributed by atoms with E-state index in [1.165, 1.54) is 7.11 Å². The van der Waals surface area contributed by atoms with Crippen LogP contribution in [0.4, 0.5) is 0 Å². The summed E-state index contributed by atoms with van der Waals surface area (Å²) in [4.78, 5) is 21.0. The highest BCUT2D eigenvalue weighted by molar-refractivity contribution is 5.70. The molecule has 0 aliphatic heterocycles. The molecule has 0 aromatic heterocycles. The van der Waals surface area contributed by atoms with Crippen molar-refractivity contribution >= 4 is 11.9 Å². The van der Waals surface area contributed by atoms with E-state index in [2.05, 4.69) is 4.74 Å². The van der Waals surface area contributed by atoms with Crippen LogP contribution in [-0.4, -0.2) is 143 Å². The molecule has 0 radical (unpaired) electrons. The van der Waals surface area contributed by atoms with Gasteiger partial charge in [-0.3, -0.25) is 0 Å². The molecule has 0 aromatic carbocycles. The Hall–Kier alpha value is -1.42. The standard InChI is InChI=1S/C21H40O13/c1-25-21(24)19-34-17-15-32-13-11-30-9-7-28-5-3-26-2-4-27-6-8-29-10-12-31-14-16-33-18-20(22)23/h2-19H2,1H3,(H,22,23). The third-order valence-corrected chi connectivity index (χ3v) is 3.65. The summed E-state index contributed by atoms with van der Waals surface area (Å²) < 4.78 is 51.7. The number of hydrogen-bond donors (Lipinski definition) is 1. The molecule has 0 fully saturated rings. The number of aliphatic carboxylic acids is 1. The Bertz CT molecular complexity index is 450. The Kier molecular flexibility index (Phi) is 26.7. The molecule has 0 atom stereocenters. The molecule has 0 aromatic rings. The Morgan fingerprint density at radius 2 is 0.676 bits per heavy atom. The number of methoxy groups -OCH3 is 1. The summed E-state index contributed by atoms with van der Waals surface area (Å²) in [5.41, 5.74) is 0. The molecule has 0 aliphatic carbocycles. The summed E-state index contributed by atoms with van der Waals surface area (Å²) >= 11 is 0. The van der Waals surface area contributed by atoms with Gasteiger partial charge in [-0.2, -0.15) is 0 Å². The molecule has 0 saturated carbocycles. The molecule has 0 bridgehead atoms. The Labute approximate surface area is 200 Å². The van der Waals surface area contributed by atoms with Crippen LogP contribution in [0.3, 0.4) is 0 Å². The quantitative estimate of drug-likeness (QED) is 0.108. The summed E-state index contributed by atoms with van der Waals surface area (Å²) in [6, 6.07) is 0. The van der Waals surface area contributed by atoms with Gasteiger partial charge in [-0.15, -0.1) is 0 Å². The third kappa shape index (κ3) is 28.6. The molecular weight excluding hydrogens is 460 g/mol. The van der Waals surface area contributed by atoms with E-state index in [-0.39, 0.29) is 19.8 Å². The first-order chi connectivity index (χ1) is 16.7. The van der Waals surface area contributed by atoms with Crippen molar-refractivity contribution < 1.29 is 62.1 Å². The lowest BCUT2D eigenvalue weighted by Crippen LogP contribution is -2.16. The highest BCUT2D eigenvalue weighted by Gasteiger charge is 1.99. The molecule has 0 heterocycles. The number of carboxylic acids is 1. The van der Waals surface area contributed by atoms with Gasteiger partial charge in [0.1, 0.15) is 13.2 Å². The molecule has 13 heteroatoms. The maximum atomic E-state index is 10.8. The van der Waals surface area contributed by atoms with Crippen LogP contribution in [0.5, 0.6) is 0 Å². The summed E-state index contributed by atoms with van der Waals surface area (Å²) in [5, 5.41) is 8.39. The van der Waals surface area contributed by atoms with E-state index in [1.807, 2.05) is 0 Å². The monoisotopic (exact) mass is 500 g/mol. The van der Waals surface area contributed by atoms with E-state index in [1.54, 1.807) is 0 Å². The van der Waals surface area contributed by atoms with Crippen molar-refractivity contribution in [1.82, 2.24) is 0 Å². The van der Waals surface area contributed by atoms with Gasteiger partial charge >= 0.3 is 11.9 Å². The fourth-order valence-corrected chi connectivity index (χ4v) is 2.03. The molecule has 1 N–H and O–H groups in total. The molecule has 0 rings (SSSR count). The second-order valence-corrected chi connectivity index (χ2v) is 6.36. The van der Waals surface area contributed by atoms with Crippen molar-refractivity contribution in [3.63, 3.8) is 0 Å². The zero-order valence-corrected chi connectivity index (χ0v) is 20.1. The second-order valence-electron chi connectivity index (χ2n) is 6.36. The van der Waals surface area contributed by atoms with Crippen LogP contribution in [0.25, 0.3) is 0 Å². The van der Waals surface area contributed by atoms with Gasteiger partial charge in [0.2, 0.25) is 0 Å². The lowest BCUT2D eigenvalue weighted by atomic mass is 10.6. The van der Waals surface area contributed by atoms with Crippen LogP contribution in [0.15, 0.2) is 0 Å². The van der Waals surface area contributed by atoms with Crippen molar-refractivity contribution in [2.45, 2.75) is 0 Å². The maximum Gasteiger partial charge on any atom is 0.331 e. The smallest absolute Gasteiger partial charge is 0.331 e. The van der Waals surface area contributed by atoms with Gasteiger partial charge in [0, 0.05) is 0 Å². The number of ether oxygens (including phenoxy) is 10. The number of hydrogen-bond acceptors (Lipinski definition) is 12. The highest BCUT2D eigenvalue weighted by atomic mass is 16.6. The number of carbonyl (C=O) groups excluding carboxylic acids is 1. The molecule has 0 spiro atoms. The van der Waals surface area contributed by atoms with Crippen molar-refractivity contribution in [3.05, 3.63) is 0 Å². The van der Waals surface area contributed by atoms with E-state index in [0.717, 1.165) is 0 Å². The molecule has 0 unspecified atom stereocenters. The minimum Gasteiger partial charge on any atom is -0.480 e. The van der Waals surface area contributed by atoms with Gasteiger partial charge in [-0.1, -0.05) is 0 Å². The van der Waals surface area contributed by atoms with Gasteiger partial charge in [-0.05, 0) is 0 Å². The summed E-state index contributed by atoms with van der Waals surface area (Å²) in [6.07, 6.45) is 0. The van der Waals surface area contributed by atoms with Crippen molar-refractivity contribution in [1.29, 1.82) is 0 Å². The van der Waals surface area contributed by atoms with Crippen molar-refractivity contribution in [2.75, 3.05) is 126 Å². The number of carbonyl (C=O) groups is 2. The lowest BCUT2D eigenvalue weighted by molar-refractivity contribution is -0.146. The molecular formula is C21H40O13. The number of esters is 1. The predicted molar refractivity (Wildman–Crippen MR) is 117 cm³/mol. The first-order valence-corrected chi connectivity index (χ1v) is 11.1. The van der Waals surface area contributed by atoms with Gasteiger partial charge in [0.25, 0.3) is 0 Å². The molecule has 13 nitrogen and oxygen atoms in total. The van der Waals surface area contributed by atoms with Gasteiger partial charge in [-0.25, -0.2) is 9.59 Å². The van der Waals surface area contributed by atoms with E-state index in [9.17, 15) is 9.59 Å². The van der Waals surface area contributed by atoms with Gasteiger partial charge in [0.05, 0.1) is 113 Å². The van der Waals surface area contributed by atoms with Crippen molar-refractivity contribution in [3.8, 4) is 0 Å². The largest absolute Gasteiger partial charge is 0.480 e. The number of carboxylic acid groups (broad SMARTS) is 1. The molecule has 202 valence electrons. The second kappa shape index (κ2) is 27.8. The Balaban J connectivity index is 3.04. The Morgan fingerprint density at radius 3 is 0.912 bits per heavy atom. The van der Waals surface area contributed by atoms with Crippen LogP contribution in [-0.2, 0) is 57.0 Å². The fraction of sp³-hybridized carbons (Fsp3) is 0.905. The average Bonchev–Trinajstić information content (AvgIpc) is 2.83. The lowest BCUT2D eigenvalue weighted by Gasteiger charge is -2.08. The normalized spacial score (nSPS) is 11.1. The van der Waals surface area contributed by atoms with Gasteiger partial charge < -0.3 is 52.5 Å². The van der Waals surface area contributed by atoms with Crippen molar-refractivity contribution in [2.24, 2.45) is 0 Å². The van der Waals surface area contributed by atoms with E-state index >= 15 is 0 Å². The average molecular weight is 501 g/mol. The van der Waals surface area contributed by atoms with E-state index in [4.69, 9.17) is 47.7 Å². The first-order valence-electron chi connectivity index (χ1n) is 11.1. The minimum absolute atomic E-state index is 0.0750. The molecule has 34 heavy (non-hydrogen) atoms. The maximum absolute atomic E-state index is 10.8. The Morgan fingerprint density at radius 1 is 0.441 bits per heavy atom. The topological polar surface area (TPSA) is 147 Å². The van der Waals surface area contributed by atoms with Crippen LogP contribution in [0.1, 0.15) is 0 Å². The number of rotatable bonds is 28. The molecule has 0 amide bonds. The summed E-state index contributed by atoms with van der Waals surface area (Å²) in [7, 11) is 1.31. The van der Waals surface area contributed by atoms with Gasteiger partial charge in [0.15, 0.2) is 0 Å². The zero-order valence-electron chi connectivity index (χ0n) is 20.1. The summed E-state index contributed by atoms with van der Waals surface area (Å²) in [5.74, 6) is -1.41. The zero-order chi connectivity index (χ0) is 25.0. The van der Waals surface area contributed by atoms with Crippen LogP contribution in [0.2, 0.25) is 0 Å². The predicted octanol–water partition coefficient (Wildman–Crippen LogP) is -0.607. The summed E-state index contributed by atoms with van der Waals surface area (Å²) in [6.45, 7) is 6.36. The molecule has 0 aliphatic rings. The molecule has 0 saturated heterocycles. The highest BCUT2D eigenvalue weighted by Crippen LogP contribution is 1.86. The first kappa shape index (κ1) is 32.6. The third-order valence-electron chi connectivity index (χ3n) is 3.65. The van der Waals surface area contributed by atoms with E-state index < -0.39 is 11.9 Å². The van der Waals surface area contributed by atoms with Crippen LogP contribution in [0, 0.1) is 0 Å². The van der Waals surface area contributed by atoms with E-state index in [0.29, 0.717) is 99.1 Å². The SMILES string of the molecule is COC(=O)COCCOCCOCCOCCOCCOCCOCCOCCOCC(=O)O. The van der Waals surface area contributed by atoms with Crippen LogP contribution >= 0.6 is 0 Å².